The molecule has 0 spiro atoms. The molecule has 0 radical (unpaired) electrons. The lowest BCUT2D eigenvalue weighted by atomic mass is 9.94. The zero-order valence-electron chi connectivity index (χ0n) is 20.9. The highest BCUT2D eigenvalue weighted by Crippen LogP contribution is 2.42. The second-order valence-corrected chi connectivity index (χ2v) is 10.8. The average molecular weight is 567 g/mol. The molecule has 0 saturated carbocycles. The Morgan fingerprint density at radius 1 is 1.10 bits per heavy atom. The van der Waals surface area contributed by atoms with Gasteiger partial charge in [0.15, 0.2) is 10.2 Å². The van der Waals surface area contributed by atoms with Gasteiger partial charge in [-0.2, -0.15) is 13.5 Å². The number of carbonyl (C=O) groups excluding carboxylic acids is 2. The van der Waals surface area contributed by atoms with Crippen molar-refractivity contribution in [2.45, 2.75) is 17.9 Å². The van der Waals surface area contributed by atoms with E-state index in [4.69, 9.17) is 9.47 Å². The quantitative estimate of drug-likeness (QED) is 0.257. The number of rotatable bonds is 6. The highest BCUT2D eigenvalue weighted by Gasteiger charge is 2.46. The van der Waals surface area contributed by atoms with E-state index in [1.54, 1.807) is 61.5 Å². The molecule has 13 heteroatoms. The highest BCUT2D eigenvalue weighted by atomic mass is 32.2. The van der Waals surface area contributed by atoms with Gasteiger partial charge in [0, 0.05) is 5.39 Å². The van der Waals surface area contributed by atoms with Crippen molar-refractivity contribution in [1.29, 1.82) is 0 Å². The lowest BCUT2D eigenvalue weighted by molar-refractivity contribution is -0.137. The molecular weight excluding hydrogens is 544 g/mol. The number of hydrazone groups is 1. The summed E-state index contributed by atoms with van der Waals surface area (Å²) in [6.45, 7) is 1.65. The van der Waals surface area contributed by atoms with Gasteiger partial charge in [0.05, 0.1) is 37.2 Å². The summed E-state index contributed by atoms with van der Waals surface area (Å²) in [7, 11) is -1.86. The third kappa shape index (κ3) is 4.75. The Balaban J connectivity index is 1.55. The Morgan fingerprint density at radius 2 is 1.82 bits per heavy atom. The number of allylic oxidation sites excluding steroid dienone is 1. The molecule has 2 N–H and O–H groups in total. The summed E-state index contributed by atoms with van der Waals surface area (Å²) >= 11 is 0.961. The number of aliphatic imine (C=N–C) groups is 1. The van der Waals surface area contributed by atoms with Crippen LogP contribution in [0.1, 0.15) is 18.5 Å². The number of thioether (sulfide) groups is 1. The molecule has 2 heterocycles. The van der Waals surface area contributed by atoms with E-state index in [-0.39, 0.29) is 21.2 Å². The minimum atomic E-state index is -4.64. The Labute approximate surface area is 227 Å². The first kappa shape index (κ1) is 26.4. The van der Waals surface area contributed by atoms with Gasteiger partial charge in [-0.3, -0.25) is 19.7 Å². The summed E-state index contributed by atoms with van der Waals surface area (Å²) in [4.78, 5) is 31.8. The lowest BCUT2D eigenvalue weighted by Crippen LogP contribution is -2.40. The van der Waals surface area contributed by atoms with Crippen molar-refractivity contribution in [1.82, 2.24) is 4.90 Å². The van der Waals surface area contributed by atoms with Crippen LogP contribution in [0.5, 0.6) is 5.75 Å². The highest BCUT2D eigenvalue weighted by molar-refractivity contribution is 8.29. The SMILES string of the molecule is COC(=O)C1=C(C)N=C2S/C(=N\Nc3ccc4ccccc4c3S(=O)(=O)O)C(=O)N2C1c1ccc(OC)cc1. The van der Waals surface area contributed by atoms with Gasteiger partial charge in [-0.15, -0.1) is 0 Å². The van der Waals surface area contributed by atoms with Crippen LogP contribution in [0.3, 0.4) is 0 Å². The molecule has 1 atom stereocenters. The number of amides is 1. The van der Waals surface area contributed by atoms with Crippen molar-refractivity contribution in [2.24, 2.45) is 10.1 Å². The van der Waals surface area contributed by atoms with E-state index in [0.29, 0.717) is 33.0 Å². The number of hydrogen-bond donors (Lipinski definition) is 2. The predicted molar refractivity (Wildman–Crippen MR) is 147 cm³/mol. The molecule has 0 aliphatic carbocycles. The Hall–Kier alpha value is -4.20. The first-order chi connectivity index (χ1) is 18.6. The van der Waals surface area contributed by atoms with Crippen LogP contribution in [0.25, 0.3) is 10.8 Å². The molecule has 3 aromatic rings. The van der Waals surface area contributed by atoms with Gasteiger partial charge >= 0.3 is 5.97 Å². The van der Waals surface area contributed by atoms with E-state index in [2.05, 4.69) is 15.5 Å². The second-order valence-electron chi connectivity index (χ2n) is 8.51. The minimum Gasteiger partial charge on any atom is -0.497 e. The van der Waals surface area contributed by atoms with Crippen LogP contribution in [0.2, 0.25) is 0 Å². The standard InChI is InChI=1S/C26H22N4O7S2/c1-14-20(25(32)37-3)21(16-8-11-17(36-2)12-9-16)30-24(31)23(38-26(30)27-14)29-28-19-13-10-15-6-4-5-7-18(15)22(19)39(33,34)35/h4-13,21,28H,1-3H3,(H,33,34,35)/b29-23-. The molecule has 1 saturated heterocycles. The number of benzene rings is 3. The number of nitrogens with one attached hydrogen (secondary N) is 1. The Morgan fingerprint density at radius 3 is 2.49 bits per heavy atom. The molecule has 0 aromatic heterocycles. The maximum absolute atomic E-state index is 13.6. The van der Waals surface area contributed by atoms with E-state index in [1.165, 1.54) is 25.2 Å². The topological polar surface area (TPSA) is 147 Å². The molecule has 11 nitrogen and oxygen atoms in total. The van der Waals surface area contributed by atoms with Crippen LogP contribution in [0.15, 0.2) is 86.9 Å². The fourth-order valence-corrected chi connectivity index (χ4v) is 6.24. The number of nitrogens with zero attached hydrogens (tertiary/aromatic N) is 3. The van der Waals surface area contributed by atoms with Crippen molar-refractivity contribution in [3.8, 4) is 5.75 Å². The van der Waals surface area contributed by atoms with Gasteiger partial charge in [0.2, 0.25) is 0 Å². The van der Waals surface area contributed by atoms with E-state index in [1.807, 2.05) is 0 Å². The number of anilines is 1. The lowest BCUT2D eigenvalue weighted by Gasteiger charge is -2.32. The van der Waals surface area contributed by atoms with Gasteiger partial charge in [-0.25, -0.2) is 9.79 Å². The van der Waals surface area contributed by atoms with Gasteiger partial charge in [-0.05, 0) is 47.8 Å². The largest absolute Gasteiger partial charge is 0.497 e. The molecule has 5 rings (SSSR count). The monoisotopic (exact) mass is 566 g/mol. The van der Waals surface area contributed by atoms with Crippen LogP contribution in [0.4, 0.5) is 5.69 Å². The van der Waals surface area contributed by atoms with Crippen LogP contribution in [0, 0.1) is 0 Å². The number of carbonyl (C=O) groups is 2. The van der Waals surface area contributed by atoms with Crippen molar-refractivity contribution < 1.29 is 32.0 Å². The third-order valence-electron chi connectivity index (χ3n) is 6.23. The summed E-state index contributed by atoms with van der Waals surface area (Å²) in [5.41, 5.74) is 3.80. The average Bonchev–Trinajstić information content (AvgIpc) is 3.24. The number of esters is 1. The molecule has 2 aliphatic heterocycles. The molecule has 1 fully saturated rings. The summed E-state index contributed by atoms with van der Waals surface area (Å²) in [5.74, 6) is -0.594. The van der Waals surface area contributed by atoms with E-state index in [0.717, 1.165) is 11.8 Å². The molecule has 3 aromatic carbocycles. The van der Waals surface area contributed by atoms with Crippen molar-refractivity contribution in [3.63, 3.8) is 0 Å². The smallest absolute Gasteiger partial charge is 0.338 e. The maximum Gasteiger partial charge on any atom is 0.338 e. The first-order valence-corrected chi connectivity index (χ1v) is 13.8. The summed E-state index contributed by atoms with van der Waals surface area (Å²) in [6, 6.07) is 15.8. The van der Waals surface area contributed by atoms with Crippen LogP contribution in [-0.4, -0.2) is 54.2 Å². The maximum atomic E-state index is 13.6. The van der Waals surface area contributed by atoms with Crippen LogP contribution < -0.4 is 10.2 Å². The van der Waals surface area contributed by atoms with E-state index >= 15 is 0 Å². The van der Waals surface area contributed by atoms with Gasteiger partial charge in [0.1, 0.15) is 10.6 Å². The summed E-state index contributed by atoms with van der Waals surface area (Å²) < 4.78 is 44.7. The Kier molecular flexibility index (Phi) is 6.89. The molecule has 39 heavy (non-hydrogen) atoms. The normalized spacial score (nSPS) is 18.3. The third-order valence-corrected chi connectivity index (χ3v) is 8.12. The fraction of sp³-hybridized carbons (Fsp3) is 0.154. The van der Waals surface area contributed by atoms with E-state index in [9.17, 15) is 22.6 Å². The first-order valence-electron chi connectivity index (χ1n) is 11.5. The molecule has 2 aliphatic rings. The zero-order chi connectivity index (χ0) is 27.9. The van der Waals surface area contributed by atoms with Crippen LogP contribution in [-0.2, 0) is 24.4 Å². The summed E-state index contributed by atoms with van der Waals surface area (Å²) in [6.07, 6.45) is 0. The molecule has 200 valence electrons. The number of hydrogen-bond acceptors (Lipinski definition) is 10. The second kappa shape index (κ2) is 10.2. The van der Waals surface area contributed by atoms with Crippen molar-refractivity contribution >= 4 is 60.4 Å². The predicted octanol–water partition coefficient (Wildman–Crippen LogP) is 3.95. The van der Waals surface area contributed by atoms with Crippen molar-refractivity contribution in [2.75, 3.05) is 19.6 Å². The number of fused-ring (bicyclic) bond motifs is 2. The van der Waals surface area contributed by atoms with E-state index < -0.39 is 28.0 Å². The minimum absolute atomic E-state index is 0.0137. The fourth-order valence-electron chi connectivity index (χ4n) is 4.47. The van der Waals surface area contributed by atoms with Crippen LogP contribution >= 0.6 is 11.8 Å². The van der Waals surface area contributed by atoms with Gasteiger partial charge in [0.25, 0.3) is 16.0 Å². The molecule has 0 bridgehead atoms. The number of ether oxygens (including phenoxy) is 2. The summed E-state index contributed by atoms with van der Waals surface area (Å²) in [5, 5.41) is 5.32. The molecular formula is C26H22N4O7S2. The van der Waals surface area contributed by atoms with Crippen molar-refractivity contribution in [3.05, 3.63) is 77.5 Å². The zero-order valence-corrected chi connectivity index (χ0v) is 22.5. The van der Waals surface area contributed by atoms with Gasteiger partial charge in [-0.1, -0.05) is 42.5 Å². The number of amidine groups is 1. The number of methoxy groups -OCH3 is 2. The Bertz CT molecular complexity index is 1710. The molecule has 1 amide bonds. The molecule has 1 unspecified atom stereocenters. The van der Waals surface area contributed by atoms with Gasteiger partial charge < -0.3 is 9.47 Å².